The number of pyridine rings is 1. The summed E-state index contributed by atoms with van der Waals surface area (Å²) in [6, 6.07) is 10.00. The first kappa shape index (κ1) is 15.4. The zero-order chi connectivity index (χ0) is 17.3. The molecule has 3 aromatic rings. The Morgan fingerprint density at radius 1 is 0.958 bits per heavy atom. The highest BCUT2D eigenvalue weighted by molar-refractivity contribution is 5.79. The molecule has 3 rings (SSSR count). The van der Waals surface area contributed by atoms with Crippen LogP contribution in [-0.2, 0) is 0 Å². The van der Waals surface area contributed by atoms with Gasteiger partial charge >= 0.3 is 0 Å². The van der Waals surface area contributed by atoms with Gasteiger partial charge in [0.2, 0.25) is 5.95 Å². The molecule has 2 aromatic heterocycles. The van der Waals surface area contributed by atoms with Gasteiger partial charge in [-0.1, -0.05) is 12.1 Å². The smallest absolute Gasteiger partial charge is 0.219 e. The first-order valence-electron chi connectivity index (χ1n) is 7.35. The third-order valence-corrected chi connectivity index (χ3v) is 3.94. The third-order valence-electron chi connectivity index (χ3n) is 3.94. The van der Waals surface area contributed by atoms with Crippen LogP contribution in [0.1, 0.15) is 16.7 Å². The van der Waals surface area contributed by atoms with Crippen molar-refractivity contribution in [2.75, 3.05) is 11.5 Å². The number of aryl methyl sites for hydroxylation is 2. The second-order valence-corrected chi connectivity index (χ2v) is 5.56. The fourth-order valence-electron chi connectivity index (χ4n) is 2.44. The fourth-order valence-corrected chi connectivity index (χ4v) is 2.44. The first-order chi connectivity index (χ1) is 11.5. The number of anilines is 2. The number of nitriles is 1. The lowest BCUT2D eigenvalue weighted by Crippen LogP contribution is -2.01. The quantitative estimate of drug-likeness (QED) is 0.751. The Hall–Kier alpha value is -3.46. The lowest BCUT2D eigenvalue weighted by atomic mass is 9.99. The number of hydrogen-bond acceptors (Lipinski definition) is 6. The highest BCUT2D eigenvalue weighted by atomic mass is 15.0. The van der Waals surface area contributed by atoms with Crippen molar-refractivity contribution in [2.45, 2.75) is 13.8 Å². The zero-order valence-corrected chi connectivity index (χ0v) is 13.4. The number of benzene rings is 1. The Bertz CT molecular complexity index is 954. The molecule has 0 radical (unpaired) electrons. The van der Waals surface area contributed by atoms with Crippen molar-refractivity contribution in [3.63, 3.8) is 0 Å². The highest BCUT2D eigenvalue weighted by Gasteiger charge is 2.14. The average Bonchev–Trinajstić information content (AvgIpc) is 2.57. The second-order valence-electron chi connectivity index (χ2n) is 5.56. The average molecular weight is 316 g/mol. The lowest BCUT2D eigenvalue weighted by molar-refractivity contribution is 1.18. The molecule has 0 aliphatic carbocycles. The van der Waals surface area contributed by atoms with Gasteiger partial charge in [-0.25, -0.2) is 15.0 Å². The van der Waals surface area contributed by atoms with Gasteiger partial charge in [0, 0.05) is 29.1 Å². The normalized spacial score (nSPS) is 10.4. The molecule has 0 fully saturated rings. The van der Waals surface area contributed by atoms with E-state index in [4.69, 9.17) is 11.5 Å². The Morgan fingerprint density at radius 3 is 2.29 bits per heavy atom. The predicted octanol–water partition coefficient (Wildman–Crippen LogP) is 2.86. The molecule has 0 amide bonds. The van der Waals surface area contributed by atoms with E-state index >= 15 is 0 Å². The minimum atomic E-state index is 0.175. The SMILES string of the molecule is Cc1ccc(-c2cc(-c3cnc(N)nc3)c(C#N)c(N)n2)cc1C. The van der Waals surface area contributed by atoms with Gasteiger partial charge in [0.05, 0.1) is 5.69 Å². The molecule has 0 bridgehead atoms. The summed E-state index contributed by atoms with van der Waals surface area (Å²) >= 11 is 0. The van der Waals surface area contributed by atoms with Gasteiger partial charge in [-0.2, -0.15) is 5.26 Å². The van der Waals surface area contributed by atoms with Crippen LogP contribution in [0.5, 0.6) is 0 Å². The van der Waals surface area contributed by atoms with Gasteiger partial charge in [-0.3, -0.25) is 0 Å². The van der Waals surface area contributed by atoms with Gasteiger partial charge in [-0.05, 0) is 37.1 Å². The van der Waals surface area contributed by atoms with Crippen LogP contribution in [0.25, 0.3) is 22.4 Å². The molecule has 6 nitrogen and oxygen atoms in total. The Labute approximate surface area is 139 Å². The van der Waals surface area contributed by atoms with E-state index in [2.05, 4.69) is 27.9 Å². The van der Waals surface area contributed by atoms with E-state index in [9.17, 15) is 5.26 Å². The largest absolute Gasteiger partial charge is 0.383 e. The van der Waals surface area contributed by atoms with Gasteiger partial charge < -0.3 is 11.5 Å². The number of aromatic nitrogens is 3. The summed E-state index contributed by atoms with van der Waals surface area (Å²) in [6.07, 6.45) is 3.14. The zero-order valence-electron chi connectivity index (χ0n) is 13.4. The number of nitrogens with zero attached hydrogens (tertiary/aromatic N) is 4. The van der Waals surface area contributed by atoms with Gasteiger partial charge in [-0.15, -0.1) is 0 Å². The highest BCUT2D eigenvalue weighted by Crippen LogP contribution is 2.31. The fraction of sp³-hybridized carbons (Fsp3) is 0.111. The minimum absolute atomic E-state index is 0.175. The lowest BCUT2D eigenvalue weighted by Gasteiger charge is -2.11. The van der Waals surface area contributed by atoms with Crippen LogP contribution in [0.15, 0.2) is 36.7 Å². The van der Waals surface area contributed by atoms with E-state index in [0.717, 1.165) is 11.1 Å². The summed E-state index contributed by atoms with van der Waals surface area (Å²) < 4.78 is 0. The standard InChI is InChI=1S/C18H16N6/c1-10-3-4-12(5-11(10)2)16-6-14(15(7-19)17(20)24-16)13-8-22-18(21)23-9-13/h3-6,8-9H,1-2H3,(H2,20,24)(H2,21,22,23). The van der Waals surface area contributed by atoms with E-state index in [1.807, 2.05) is 31.2 Å². The van der Waals surface area contributed by atoms with Crippen molar-refractivity contribution in [3.8, 4) is 28.5 Å². The molecule has 1 aromatic carbocycles. The summed E-state index contributed by atoms with van der Waals surface area (Å²) in [7, 11) is 0. The van der Waals surface area contributed by atoms with Gasteiger partial charge in [0.1, 0.15) is 17.5 Å². The minimum Gasteiger partial charge on any atom is -0.383 e. The number of nitrogen functional groups attached to an aromatic ring is 2. The van der Waals surface area contributed by atoms with Crippen LogP contribution < -0.4 is 11.5 Å². The molecule has 6 heteroatoms. The topological polar surface area (TPSA) is 114 Å². The van der Waals surface area contributed by atoms with E-state index in [-0.39, 0.29) is 11.8 Å². The molecule has 4 N–H and O–H groups in total. The molecule has 0 saturated carbocycles. The van der Waals surface area contributed by atoms with E-state index in [1.54, 1.807) is 12.4 Å². The second kappa shape index (κ2) is 5.97. The van der Waals surface area contributed by atoms with Crippen LogP contribution >= 0.6 is 0 Å². The number of rotatable bonds is 2. The summed E-state index contributed by atoms with van der Waals surface area (Å²) in [5, 5.41) is 9.42. The van der Waals surface area contributed by atoms with Crippen LogP contribution in [0.3, 0.4) is 0 Å². The van der Waals surface area contributed by atoms with Crippen molar-refractivity contribution in [1.82, 2.24) is 15.0 Å². The van der Waals surface area contributed by atoms with Crippen molar-refractivity contribution in [2.24, 2.45) is 0 Å². The van der Waals surface area contributed by atoms with E-state index in [0.29, 0.717) is 22.4 Å². The van der Waals surface area contributed by atoms with Gasteiger partial charge in [0.25, 0.3) is 0 Å². The maximum Gasteiger partial charge on any atom is 0.219 e. The predicted molar refractivity (Wildman–Crippen MR) is 93.7 cm³/mol. The van der Waals surface area contributed by atoms with Crippen LogP contribution in [-0.4, -0.2) is 15.0 Å². The van der Waals surface area contributed by atoms with E-state index in [1.165, 1.54) is 5.56 Å². The molecule has 0 spiro atoms. The van der Waals surface area contributed by atoms with Crippen LogP contribution in [0, 0.1) is 25.2 Å². The molecule has 2 heterocycles. The Kier molecular flexibility index (Phi) is 3.84. The monoisotopic (exact) mass is 316 g/mol. The summed E-state index contributed by atoms with van der Waals surface area (Å²) in [4.78, 5) is 12.3. The maximum absolute atomic E-state index is 9.42. The molecule has 0 atom stereocenters. The van der Waals surface area contributed by atoms with Crippen molar-refractivity contribution in [3.05, 3.63) is 53.3 Å². The molecule has 0 aliphatic rings. The molecule has 24 heavy (non-hydrogen) atoms. The summed E-state index contributed by atoms with van der Waals surface area (Å²) in [6.45, 7) is 4.09. The summed E-state index contributed by atoms with van der Waals surface area (Å²) in [5.41, 5.74) is 17.1. The Morgan fingerprint density at radius 2 is 1.67 bits per heavy atom. The number of hydrogen-bond donors (Lipinski definition) is 2. The molecule has 118 valence electrons. The molecular formula is C18H16N6. The van der Waals surface area contributed by atoms with E-state index < -0.39 is 0 Å². The molecule has 0 unspecified atom stereocenters. The molecule has 0 aliphatic heterocycles. The van der Waals surface area contributed by atoms with Gasteiger partial charge in [0.15, 0.2) is 0 Å². The molecular weight excluding hydrogens is 300 g/mol. The third kappa shape index (κ3) is 2.75. The van der Waals surface area contributed by atoms with Crippen LogP contribution in [0.2, 0.25) is 0 Å². The first-order valence-corrected chi connectivity index (χ1v) is 7.35. The maximum atomic E-state index is 9.42. The molecule has 0 saturated heterocycles. The van der Waals surface area contributed by atoms with Crippen LogP contribution in [0.4, 0.5) is 11.8 Å². The van der Waals surface area contributed by atoms with Crippen molar-refractivity contribution in [1.29, 1.82) is 5.26 Å². The van der Waals surface area contributed by atoms with Crippen molar-refractivity contribution >= 4 is 11.8 Å². The number of nitrogens with two attached hydrogens (primary N) is 2. The summed E-state index contributed by atoms with van der Waals surface area (Å²) in [5.74, 6) is 0.355. The van der Waals surface area contributed by atoms with Crippen molar-refractivity contribution < 1.29 is 0 Å². The Balaban J connectivity index is 2.21.